The Labute approximate surface area is 159 Å². The van der Waals surface area contributed by atoms with Crippen LogP contribution in [-0.4, -0.2) is 24.6 Å². The fraction of sp³-hybridized carbons (Fsp3) is 0.444. The second kappa shape index (κ2) is 8.19. The number of amides is 1. The Morgan fingerprint density at radius 3 is 2.88 bits per heavy atom. The first-order valence-electron chi connectivity index (χ1n) is 8.42. The van der Waals surface area contributed by atoms with Crippen LogP contribution in [0.1, 0.15) is 47.1 Å². The highest BCUT2D eigenvalue weighted by molar-refractivity contribution is 9.10. The summed E-state index contributed by atoms with van der Waals surface area (Å²) in [5.41, 5.74) is 1.64. The first-order valence-corrected chi connectivity index (χ1v) is 10.0. The highest BCUT2D eigenvalue weighted by Gasteiger charge is 2.18. The molecule has 0 aliphatic heterocycles. The van der Waals surface area contributed by atoms with Crippen molar-refractivity contribution in [1.29, 1.82) is 0 Å². The van der Waals surface area contributed by atoms with Crippen molar-refractivity contribution in [3.8, 4) is 11.5 Å². The van der Waals surface area contributed by atoms with Gasteiger partial charge in [0, 0.05) is 10.4 Å². The third-order valence-corrected chi connectivity index (χ3v) is 5.76. The molecule has 1 aromatic carbocycles. The fourth-order valence-corrected chi connectivity index (χ4v) is 4.49. The molecule has 134 valence electrons. The zero-order chi connectivity index (χ0) is 17.8. The number of methoxy groups -OCH3 is 1. The number of aromatic nitrogens is 1. The molecule has 7 heteroatoms. The summed E-state index contributed by atoms with van der Waals surface area (Å²) in [6.45, 7) is 2.42. The molecule has 1 aliphatic carbocycles. The van der Waals surface area contributed by atoms with Gasteiger partial charge in [-0.15, -0.1) is 11.3 Å². The molecule has 5 nitrogen and oxygen atoms in total. The van der Waals surface area contributed by atoms with Gasteiger partial charge < -0.3 is 9.47 Å². The number of nitrogens with one attached hydrogen (secondary N) is 1. The van der Waals surface area contributed by atoms with Crippen LogP contribution in [0, 0.1) is 0 Å². The normalized spacial score (nSPS) is 13.7. The van der Waals surface area contributed by atoms with Crippen LogP contribution in [0.3, 0.4) is 0 Å². The van der Waals surface area contributed by atoms with Crippen LogP contribution in [0.2, 0.25) is 0 Å². The molecule has 0 unspecified atom stereocenters. The van der Waals surface area contributed by atoms with Crippen molar-refractivity contribution in [2.75, 3.05) is 19.0 Å². The summed E-state index contributed by atoms with van der Waals surface area (Å²) in [6.07, 6.45) is 5.69. The number of benzene rings is 1. The molecule has 0 bridgehead atoms. The van der Waals surface area contributed by atoms with Crippen LogP contribution < -0.4 is 14.8 Å². The lowest BCUT2D eigenvalue weighted by atomic mass is 10.2. The first kappa shape index (κ1) is 18.2. The summed E-state index contributed by atoms with van der Waals surface area (Å²) in [6, 6.07) is 3.42. The Hall–Kier alpha value is -1.60. The molecule has 1 heterocycles. The molecule has 0 fully saturated rings. The fourth-order valence-electron chi connectivity index (χ4n) is 2.89. The monoisotopic (exact) mass is 424 g/mol. The molecule has 2 aromatic rings. The standard InChI is InChI=1S/C18H21BrN2O3S/c1-3-24-16-12(19)9-11(10-14(16)23-2)17(22)21-18-20-13-7-5-4-6-8-15(13)25-18/h9-10H,3-8H2,1-2H3,(H,20,21,22). The summed E-state index contributed by atoms with van der Waals surface area (Å²) >= 11 is 5.04. The molecule has 1 amide bonds. The van der Waals surface area contributed by atoms with Gasteiger partial charge in [-0.25, -0.2) is 4.98 Å². The Morgan fingerprint density at radius 1 is 1.32 bits per heavy atom. The topological polar surface area (TPSA) is 60.5 Å². The molecule has 0 saturated heterocycles. The quantitative estimate of drug-likeness (QED) is 0.697. The van der Waals surface area contributed by atoms with Gasteiger partial charge in [0.05, 0.1) is 23.9 Å². The van der Waals surface area contributed by atoms with Crippen molar-refractivity contribution in [3.63, 3.8) is 0 Å². The molecular formula is C18H21BrN2O3S. The van der Waals surface area contributed by atoms with Crippen molar-refractivity contribution in [2.45, 2.75) is 39.0 Å². The van der Waals surface area contributed by atoms with E-state index in [0.29, 0.717) is 33.3 Å². The first-order chi connectivity index (χ1) is 12.1. The highest BCUT2D eigenvalue weighted by Crippen LogP contribution is 2.37. The van der Waals surface area contributed by atoms with E-state index >= 15 is 0 Å². The van der Waals surface area contributed by atoms with Gasteiger partial charge >= 0.3 is 0 Å². The molecule has 0 radical (unpaired) electrons. The van der Waals surface area contributed by atoms with E-state index in [2.05, 4.69) is 26.2 Å². The summed E-state index contributed by atoms with van der Waals surface area (Å²) in [5, 5.41) is 3.58. The number of hydrogen-bond donors (Lipinski definition) is 1. The summed E-state index contributed by atoms with van der Waals surface area (Å²) in [4.78, 5) is 18.5. The van der Waals surface area contributed by atoms with Crippen molar-refractivity contribution in [2.24, 2.45) is 0 Å². The third kappa shape index (κ3) is 4.15. The lowest BCUT2D eigenvalue weighted by molar-refractivity contribution is 0.102. The summed E-state index contributed by atoms with van der Waals surface area (Å²) in [5.74, 6) is 0.921. The SMILES string of the molecule is CCOc1c(Br)cc(C(=O)Nc2nc3c(s2)CCCCC3)cc1OC. The molecule has 0 saturated carbocycles. The number of carbonyl (C=O) groups is 1. The molecule has 0 spiro atoms. The summed E-state index contributed by atoms with van der Waals surface area (Å²) < 4.78 is 11.6. The van der Waals surface area contributed by atoms with Crippen LogP contribution in [0.5, 0.6) is 11.5 Å². The molecule has 1 aliphatic rings. The van der Waals surface area contributed by atoms with Crippen LogP contribution in [0.4, 0.5) is 5.13 Å². The number of thiazole rings is 1. The highest BCUT2D eigenvalue weighted by atomic mass is 79.9. The number of halogens is 1. The number of anilines is 1. The predicted molar refractivity (Wildman–Crippen MR) is 103 cm³/mol. The number of nitrogens with zero attached hydrogens (tertiary/aromatic N) is 1. The van der Waals surface area contributed by atoms with E-state index in [9.17, 15) is 4.79 Å². The smallest absolute Gasteiger partial charge is 0.257 e. The third-order valence-electron chi connectivity index (χ3n) is 4.10. The number of rotatable bonds is 5. The average molecular weight is 425 g/mol. The Balaban J connectivity index is 1.80. The lowest BCUT2D eigenvalue weighted by Crippen LogP contribution is -2.12. The van der Waals surface area contributed by atoms with E-state index in [1.165, 1.54) is 24.1 Å². The van der Waals surface area contributed by atoms with Gasteiger partial charge in [-0.1, -0.05) is 6.42 Å². The van der Waals surface area contributed by atoms with E-state index in [0.717, 1.165) is 18.5 Å². The van der Waals surface area contributed by atoms with E-state index < -0.39 is 0 Å². The second-order valence-corrected chi connectivity index (χ2v) is 7.76. The molecule has 25 heavy (non-hydrogen) atoms. The molecule has 1 aromatic heterocycles. The maximum Gasteiger partial charge on any atom is 0.257 e. The van der Waals surface area contributed by atoms with Crippen molar-refractivity contribution >= 4 is 38.3 Å². The van der Waals surface area contributed by atoms with Crippen molar-refractivity contribution < 1.29 is 14.3 Å². The van der Waals surface area contributed by atoms with Crippen LogP contribution in [0.25, 0.3) is 0 Å². The largest absolute Gasteiger partial charge is 0.493 e. The van der Waals surface area contributed by atoms with Gasteiger partial charge in [0.15, 0.2) is 16.6 Å². The number of fused-ring (bicyclic) bond motifs is 1. The minimum atomic E-state index is -0.203. The molecule has 3 rings (SSSR count). The zero-order valence-corrected chi connectivity index (χ0v) is 16.8. The van der Waals surface area contributed by atoms with Crippen LogP contribution >= 0.6 is 27.3 Å². The summed E-state index contributed by atoms with van der Waals surface area (Å²) in [7, 11) is 1.56. The minimum absolute atomic E-state index is 0.203. The number of aryl methyl sites for hydroxylation is 2. The average Bonchev–Trinajstić information content (AvgIpc) is 2.84. The van der Waals surface area contributed by atoms with E-state index in [-0.39, 0.29) is 5.91 Å². The van der Waals surface area contributed by atoms with E-state index in [1.807, 2.05) is 6.92 Å². The Bertz CT molecular complexity index is 752. The van der Waals surface area contributed by atoms with Gasteiger partial charge in [0.1, 0.15) is 0 Å². The van der Waals surface area contributed by atoms with Gasteiger partial charge in [0.25, 0.3) is 5.91 Å². The Kier molecular flexibility index (Phi) is 5.96. The zero-order valence-electron chi connectivity index (χ0n) is 14.4. The Morgan fingerprint density at radius 2 is 2.12 bits per heavy atom. The number of hydrogen-bond acceptors (Lipinski definition) is 5. The van der Waals surface area contributed by atoms with Gasteiger partial charge in [-0.2, -0.15) is 0 Å². The van der Waals surface area contributed by atoms with Crippen molar-refractivity contribution in [3.05, 3.63) is 32.7 Å². The van der Waals surface area contributed by atoms with Crippen molar-refractivity contribution in [1.82, 2.24) is 4.98 Å². The predicted octanol–water partition coefficient (Wildman–Crippen LogP) is 4.83. The van der Waals surface area contributed by atoms with Crippen LogP contribution in [-0.2, 0) is 12.8 Å². The molecular weight excluding hydrogens is 404 g/mol. The molecule has 1 N–H and O–H groups in total. The van der Waals surface area contributed by atoms with Gasteiger partial charge in [0.2, 0.25) is 0 Å². The van der Waals surface area contributed by atoms with E-state index in [4.69, 9.17) is 9.47 Å². The van der Waals surface area contributed by atoms with E-state index in [1.54, 1.807) is 30.6 Å². The number of ether oxygens (including phenoxy) is 2. The molecule has 0 atom stereocenters. The second-order valence-electron chi connectivity index (χ2n) is 5.83. The van der Waals surface area contributed by atoms with Gasteiger partial charge in [-0.3, -0.25) is 10.1 Å². The maximum atomic E-state index is 12.6. The lowest BCUT2D eigenvalue weighted by Gasteiger charge is -2.13. The maximum absolute atomic E-state index is 12.6. The van der Waals surface area contributed by atoms with Gasteiger partial charge in [-0.05, 0) is 60.7 Å². The minimum Gasteiger partial charge on any atom is -0.493 e. The number of carbonyl (C=O) groups excluding carboxylic acids is 1. The van der Waals surface area contributed by atoms with Crippen LogP contribution in [0.15, 0.2) is 16.6 Å².